The van der Waals surface area contributed by atoms with Gasteiger partial charge in [0.25, 0.3) is 0 Å². The zero-order chi connectivity index (χ0) is 34.7. The number of anilines is 2. The maximum absolute atomic E-state index is 14.4. The molecule has 0 unspecified atom stereocenters. The second-order valence-corrected chi connectivity index (χ2v) is 10.4. The van der Waals surface area contributed by atoms with Gasteiger partial charge in [0.15, 0.2) is 0 Å². The molecule has 13 heteroatoms. The average molecular weight is 667 g/mol. The van der Waals surface area contributed by atoms with Crippen molar-refractivity contribution in [1.82, 2.24) is 0 Å². The molecule has 246 valence electrons. The molecule has 0 fully saturated rings. The van der Waals surface area contributed by atoms with Gasteiger partial charge in [0.2, 0.25) is 5.41 Å². The average Bonchev–Trinajstić information content (AvgIpc) is 3.33. The van der Waals surface area contributed by atoms with Crippen LogP contribution < -0.4 is 20.9 Å². The monoisotopic (exact) mass is 666 g/mol. The minimum Gasteiger partial charge on any atom is -0.457 e. The number of esters is 2. The van der Waals surface area contributed by atoms with Crippen molar-refractivity contribution in [1.29, 1.82) is 0 Å². The van der Waals surface area contributed by atoms with Gasteiger partial charge in [0, 0.05) is 11.4 Å². The third kappa shape index (κ3) is 6.75. The molecule has 0 amide bonds. The van der Waals surface area contributed by atoms with E-state index < -0.39 is 40.8 Å². The van der Waals surface area contributed by atoms with E-state index in [4.69, 9.17) is 20.9 Å². The van der Waals surface area contributed by atoms with Gasteiger partial charge in [-0.25, -0.2) is 9.59 Å². The fourth-order valence-corrected chi connectivity index (χ4v) is 4.91. The number of hydrogen-bond donors (Lipinski definition) is 2. The molecule has 0 atom stereocenters. The van der Waals surface area contributed by atoms with Crippen LogP contribution in [0.15, 0.2) is 121 Å². The number of alkyl halides is 6. The van der Waals surface area contributed by atoms with Gasteiger partial charge < -0.3 is 25.7 Å². The molecule has 1 heterocycles. The van der Waals surface area contributed by atoms with Crippen LogP contribution in [-0.2, 0) is 10.2 Å². The smallest absolute Gasteiger partial charge is 0.411 e. The lowest BCUT2D eigenvalue weighted by Gasteiger charge is -2.38. The van der Waals surface area contributed by atoms with Crippen LogP contribution in [0.3, 0.4) is 0 Å². The number of nitrogens with two attached hydrogens (primary N) is 2. The van der Waals surface area contributed by atoms with Crippen molar-refractivity contribution < 1.29 is 50.1 Å². The molecule has 0 radical (unpaired) electrons. The molecule has 6 rings (SSSR count). The summed E-state index contributed by atoms with van der Waals surface area (Å²) < 4.78 is 102. The first-order chi connectivity index (χ1) is 22.7. The van der Waals surface area contributed by atoms with Crippen molar-refractivity contribution in [3.05, 3.63) is 144 Å². The number of fused-ring (bicyclic) bond motifs is 1. The number of cyclic esters (lactones) is 2. The van der Waals surface area contributed by atoms with Crippen LogP contribution in [-0.4, -0.2) is 24.3 Å². The Hall–Kier alpha value is -5.98. The molecule has 1 aliphatic rings. The largest absolute Gasteiger partial charge is 0.457 e. The van der Waals surface area contributed by atoms with Crippen LogP contribution in [0.25, 0.3) is 0 Å². The van der Waals surface area contributed by atoms with Crippen LogP contribution in [0.5, 0.6) is 23.0 Å². The van der Waals surface area contributed by atoms with Gasteiger partial charge >= 0.3 is 24.3 Å². The van der Waals surface area contributed by atoms with E-state index in [1.807, 2.05) is 0 Å². The second-order valence-electron chi connectivity index (χ2n) is 10.4. The first-order valence-corrected chi connectivity index (χ1v) is 14.0. The molecule has 1 aliphatic heterocycles. The Morgan fingerprint density at radius 2 is 0.750 bits per heavy atom. The summed E-state index contributed by atoms with van der Waals surface area (Å²) in [5, 5.41) is 0. The Balaban J connectivity index is 0.000000343. The predicted molar refractivity (Wildman–Crippen MR) is 164 cm³/mol. The van der Waals surface area contributed by atoms with E-state index in [9.17, 15) is 35.9 Å². The van der Waals surface area contributed by atoms with E-state index in [1.54, 1.807) is 48.5 Å². The Morgan fingerprint density at radius 1 is 0.458 bits per heavy atom. The molecular formula is C35H24F6N2O5. The topological polar surface area (TPSA) is 114 Å². The summed E-state index contributed by atoms with van der Waals surface area (Å²) in [5.41, 5.74) is 6.53. The van der Waals surface area contributed by atoms with Gasteiger partial charge in [0.05, 0.1) is 11.1 Å². The lowest BCUT2D eigenvalue weighted by molar-refractivity contribution is -0.288. The normalized spacial score (nSPS) is 12.8. The summed E-state index contributed by atoms with van der Waals surface area (Å²) >= 11 is 0. The number of benzene rings is 5. The van der Waals surface area contributed by atoms with Crippen molar-refractivity contribution in [2.75, 3.05) is 11.5 Å². The van der Waals surface area contributed by atoms with E-state index in [0.717, 1.165) is 48.5 Å². The molecule has 0 aliphatic carbocycles. The highest BCUT2D eigenvalue weighted by Gasteiger charge is 2.72. The highest BCUT2D eigenvalue weighted by atomic mass is 19.4. The summed E-state index contributed by atoms with van der Waals surface area (Å²) in [6, 6.07) is 26.0. The Labute approximate surface area is 269 Å². The van der Waals surface area contributed by atoms with Gasteiger partial charge in [-0.2, -0.15) is 26.3 Å². The SMILES string of the molecule is Nc1ccc(Oc2ccc(C(c3ccc(Oc4ccc(N)cc4)cc3)(C(F)(F)F)C(F)(F)F)cc2)cc1.O=C1OC(=O)c2ccccc21. The molecule has 0 saturated carbocycles. The number of rotatable bonds is 6. The van der Waals surface area contributed by atoms with E-state index in [2.05, 4.69) is 4.74 Å². The summed E-state index contributed by atoms with van der Waals surface area (Å²) in [5.74, 6) is -0.359. The van der Waals surface area contributed by atoms with Gasteiger partial charge in [-0.3, -0.25) is 0 Å². The summed E-state index contributed by atoms with van der Waals surface area (Å²) in [4.78, 5) is 21.7. The van der Waals surface area contributed by atoms with Gasteiger partial charge in [-0.15, -0.1) is 0 Å². The minimum absolute atomic E-state index is 0.0546. The molecule has 5 aromatic carbocycles. The number of halogens is 6. The van der Waals surface area contributed by atoms with Crippen molar-refractivity contribution in [3.8, 4) is 23.0 Å². The highest BCUT2D eigenvalue weighted by Crippen LogP contribution is 2.56. The molecule has 0 bridgehead atoms. The molecule has 7 nitrogen and oxygen atoms in total. The first kappa shape index (κ1) is 33.4. The van der Waals surface area contributed by atoms with E-state index in [-0.39, 0.29) is 11.5 Å². The number of nitrogen functional groups attached to an aromatic ring is 2. The molecule has 4 N–H and O–H groups in total. The lowest BCUT2D eigenvalue weighted by Crippen LogP contribution is -2.54. The third-order valence-electron chi connectivity index (χ3n) is 7.21. The van der Waals surface area contributed by atoms with E-state index in [1.165, 1.54) is 24.3 Å². The Bertz CT molecular complexity index is 1770. The molecule has 5 aromatic rings. The summed E-state index contributed by atoms with van der Waals surface area (Å²) in [6.45, 7) is 0. The Morgan fingerprint density at radius 3 is 1.04 bits per heavy atom. The van der Waals surface area contributed by atoms with Crippen molar-refractivity contribution in [3.63, 3.8) is 0 Å². The summed E-state index contributed by atoms with van der Waals surface area (Å²) in [7, 11) is 0. The highest BCUT2D eigenvalue weighted by molar-refractivity contribution is 6.14. The fraction of sp³-hybridized carbons (Fsp3) is 0.0857. The standard InChI is InChI=1S/C27H20F6N2O2.C8H4O3/c28-26(29,30)25(27(31,32)33,17-1-9-21(10-2-17)36-23-13-5-19(34)6-14-23)18-3-11-22(12-4-18)37-24-15-7-20(35)8-16-24;9-7-5-3-1-2-4-6(5)8(10)11-7/h1-16H,34-35H2;1-4H. The van der Waals surface area contributed by atoms with Gasteiger partial charge in [0.1, 0.15) is 23.0 Å². The lowest BCUT2D eigenvalue weighted by atomic mass is 9.73. The molecule has 0 aromatic heterocycles. The van der Waals surface area contributed by atoms with Gasteiger partial charge in [-0.05, 0) is 96.1 Å². The minimum atomic E-state index is -5.72. The Kier molecular flexibility index (Phi) is 9.06. The van der Waals surface area contributed by atoms with E-state index in [0.29, 0.717) is 34.0 Å². The summed E-state index contributed by atoms with van der Waals surface area (Å²) in [6.07, 6.45) is -11.4. The zero-order valence-electron chi connectivity index (χ0n) is 24.5. The van der Waals surface area contributed by atoms with Crippen LogP contribution in [0, 0.1) is 0 Å². The van der Waals surface area contributed by atoms with Crippen LogP contribution in [0.2, 0.25) is 0 Å². The van der Waals surface area contributed by atoms with Crippen LogP contribution in [0.4, 0.5) is 37.7 Å². The molecule has 0 saturated heterocycles. The quantitative estimate of drug-likeness (QED) is 0.0806. The van der Waals surface area contributed by atoms with E-state index >= 15 is 0 Å². The molecule has 0 spiro atoms. The van der Waals surface area contributed by atoms with Crippen molar-refractivity contribution >= 4 is 23.3 Å². The number of carbonyl (C=O) groups excluding carboxylic acids is 2. The third-order valence-corrected chi connectivity index (χ3v) is 7.21. The van der Waals surface area contributed by atoms with Crippen LogP contribution >= 0.6 is 0 Å². The maximum Gasteiger partial charge on any atom is 0.411 e. The van der Waals surface area contributed by atoms with Crippen LogP contribution in [0.1, 0.15) is 31.8 Å². The number of ether oxygens (including phenoxy) is 3. The van der Waals surface area contributed by atoms with Gasteiger partial charge in [-0.1, -0.05) is 36.4 Å². The zero-order valence-corrected chi connectivity index (χ0v) is 24.5. The maximum atomic E-state index is 14.4. The van der Waals surface area contributed by atoms with Crippen molar-refractivity contribution in [2.45, 2.75) is 17.8 Å². The predicted octanol–water partition coefficient (Wildman–Crippen LogP) is 8.84. The van der Waals surface area contributed by atoms with Crippen molar-refractivity contribution in [2.24, 2.45) is 0 Å². The second kappa shape index (κ2) is 13.0. The number of carbonyl (C=O) groups is 2. The number of hydrogen-bond acceptors (Lipinski definition) is 7. The fourth-order valence-electron chi connectivity index (χ4n) is 4.91. The molecule has 48 heavy (non-hydrogen) atoms. The first-order valence-electron chi connectivity index (χ1n) is 14.0. The molecular weight excluding hydrogens is 642 g/mol.